The number of amides is 6. The van der Waals surface area contributed by atoms with Crippen LogP contribution in [0.2, 0.25) is 0 Å². The van der Waals surface area contributed by atoms with Crippen molar-refractivity contribution in [3.63, 3.8) is 0 Å². The summed E-state index contributed by atoms with van der Waals surface area (Å²) in [7, 11) is 3.13. The summed E-state index contributed by atoms with van der Waals surface area (Å²) in [6.07, 6.45) is 3.59. The number of carbonyl (C=O) groups is 6. The lowest BCUT2D eigenvalue weighted by Crippen LogP contribution is -2.60. The van der Waals surface area contributed by atoms with E-state index in [1.807, 2.05) is 6.92 Å². The predicted molar refractivity (Wildman–Crippen MR) is 136 cm³/mol. The zero-order valence-corrected chi connectivity index (χ0v) is 22.8. The Morgan fingerprint density at radius 1 is 1.05 bits per heavy atom. The van der Waals surface area contributed by atoms with Gasteiger partial charge in [-0.1, -0.05) is 47.0 Å². The molecule has 1 aliphatic heterocycles. The topological polar surface area (TPSA) is 171 Å². The molecular weight excluding hydrogens is 480 g/mol. The zero-order chi connectivity index (χ0) is 28.1. The minimum Gasteiger partial charge on any atom is -0.363 e. The van der Waals surface area contributed by atoms with Gasteiger partial charge in [-0.25, -0.2) is 4.79 Å². The summed E-state index contributed by atoms with van der Waals surface area (Å²) >= 11 is 0. The number of Topliss-reactive ketones (excluding diaryl/α,β-unsaturated/α-hetero) is 1. The van der Waals surface area contributed by atoms with Crippen molar-refractivity contribution in [2.75, 3.05) is 27.2 Å². The first-order valence-corrected chi connectivity index (χ1v) is 12.8. The molecule has 0 aromatic carbocycles. The van der Waals surface area contributed by atoms with Gasteiger partial charge in [-0.3, -0.25) is 24.0 Å². The number of likely N-dealkylation sites (N-methyl/N-ethyl adjacent to an activating group) is 1. The molecule has 4 atom stereocenters. The molecule has 0 spiro atoms. The first-order valence-electron chi connectivity index (χ1n) is 12.8. The second-order valence-electron chi connectivity index (χ2n) is 11.6. The number of urea groups is 1. The molecule has 0 bridgehead atoms. The molecular formula is C25H42N6O6. The summed E-state index contributed by atoms with van der Waals surface area (Å²) in [5, 5.41) is 7.80. The summed E-state index contributed by atoms with van der Waals surface area (Å²) < 4.78 is 0. The van der Waals surface area contributed by atoms with Crippen LogP contribution >= 0.6 is 0 Å². The van der Waals surface area contributed by atoms with E-state index in [2.05, 4.69) is 16.0 Å². The summed E-state index contributed by atoms with van der Waals surface area (Å²) in [6, 6.07) is -3.55. The van der Waals surface area contributed by atoms with Crippen LogP contribution in [0.3, 0.4) is 0 Å². The van der Waals surface area contributed by atoms with Gasteiger partial charge in [0.05, 0.1) is 12.6 Å². The number of nitrogens with two attached hydrogens (primary N) is 1. The van der Waals surface area contributed by atoms with E-state index >= 15 is 0 Å². The van der Waals surface area contributed by atoms with Crippen LogP contribution in [0.4, 0.5) is 4.79 Å². The Kier molecular flexibility index (Phi) is 10.0. The van der Waals surface area contributed by atoms with E-state index in [9.17, 15) is 28.8 Å². The molecule has 37 heavy (non-hydrogen) atoms. The second-order valence-corrected chi connectivity index (χ2v) is 11.6. The molecule has 2 unspecified atom stereocenters. The van der Waals surface area contributed by atoms with Crippen LogP contribution in [0.5, 0.6) is 0 Å². The number of hydrogen-bond donors (Lipinski definition) is 4. The van der Waals surface area contributed by atoms with Gasteiger partial charge in [0, 0.05) is 20.6 Å². The lowest BCUT2D eigenvalue weighted by Gasteiger charge is -2.36. The standard InChI is InChI=1S/C25H42N6O6/c1-14-10-17(22(35)28-16(19(33)21(26)34)11-15-8-7-9-15)31(13-14)23(36)20(25(2,3)4)29-24(37)27-12-18(32)30(5)6/h14-17,20H,7-13H2,1-6H3,(H2,26,34)(H,28,35)(H2,27,29,37)/t14-,16?,17+,20?/m1/s1. The molecule has 6 amide bonds. The smallest absolute Gasteiger partial charge is 0.315 e. The van der Waals surface area contributed by atoms with Gasteiger partial charge in [0.15, 0.2) is 0 Å². The maximum atomic E-state index is 13.7. The van der Waals surface area contributed by atoms with Crippen LogP contribution in [0.1, 0.15) is 59.8 Å². The average Bonchev–Trinajstić information content (AvgIpc) is 3.17. The van der Waals surface area contributed by atoms with Crippen molar-refractivity contribution in [3.05, 3.63) is 0 Å². The SMILES string of the molecule is C[C@@H]1C[C@@H](C(=O)NC(CC2CCC2)C(=O)C(N)=O)N(C(=O)C(NC(=O)NCC(=O)N(C)C)C(C)(C)C)C1. The highest BCUT2D eigenvalue weighted by Gasteiger charge is 2.44. The van der Waals surface area contributed by atoms with Crippen LogP contribution < -0.4 is 21.7 Å². The molecule has 1 heterocycles. The Morgan fingerprint density at radius 2 is 1.68 bits per heavy atom. The maximum absolute atomic E-state index is 13.7. The van der Waals surface area contributed by atoms with Gasteiger partial charge in [-0.05, 0) is 30.1 Å². The highest BCUT2D eigenvalue weighted by atomic mass is 16.2. The molecule has 0 aromatic rings. The van der Waals surface area contributed by atoms with Crippen molar-refractivity contribution >= 4 is 35.4 Å². The Balaban J connectivity index is 2.16. The van der Waals surface area contributed by atoms with Crippen LogP contribution in [0, 0.1) is 17.3 Å². The third kappa shape index (κ3) is 8.16. The van der Waals surface area contributed by atoms with Crippen molar-refractivity contribution < 1.29 is 28.8 Å². The second kappa shape index (κ2) is 12.4. The number of hydrogen-bond acceptors (Lipinski definition) is 6. The first-order chi connectivity index (χ1) is 17.1. The van der Waals surface area contributed by atoms with E-state index in [1.54, 1.807) is 34.9 Å². The molecule has 2 fully saturated rings. The van der Waals surface area contributed by atoms with E-state index in [4.69, 9.17) is 5.73 Å². The number of likely N-dealkylation sites (tertiary alicyclic amines) is 1. The average molecular weight is 523 g/mol. The van der Waals surface area contributed by atoms with Gasteiger partial charge in [-0.2, -0.15) is 0 Å². The zero-order valence-electron chi connectivity index (χ0n) is 22.8. The Labute approximate surface area is 218 Å². The maximum Gasteiger partial charge on any atom is 0.315 e. The van der Waals surface area contributed by atoms with Crippen LogP contribution in [0.25, 0.3) is 0 Å². The van der Waals surface area contributed by atoms with Crippen molar-refractivity contribution in [2.45, 2.75) is 77.9 Å². The quantitative estimate of drug-likeness (QED) is 0.288. The molecule has 2 rings (SSSR count). The van der Waals surface area contributed by atoms with Gasteiger partial charge in [0.25, 0.3) is 5.91 Å². The third-order valence-corrected chi connectivity index (χ3v) is 7.05. The largest absolute Gasteiger partial charge is 0.363 e. The third-order valence-electron chi connectivity index (χ3n) is 7.05. The van der Waals surface area contributed by atoms with Gasteiger partial charge >= 0.3 is 6.03 Å². The lowest BCUT2D eigenvalue weighted by molar-refractivity contribution is -0.143. The van der Waals surface area contributed by atoms with Gasteiger partial charge in [-0.15, -0.1) is 0 Å². The fraction of sp³-hybridized carbons (Fsp3) is 0.760. The monoisotopic (exact) mass is 522 g/mol. The molecule has 0 radical (unpaired) electrons. The molecule has 2 aliphatic rings. The minimum atomic E-state index is -1.10. The van der Waals surface area contributed by atoms with Crippen molar-refractivity contribution in [3.8, 4) is 0 Å². The molecule has 12 nitrogen and oxygen atoms in total. The van der Waals surface area contributed by atoms with Gasteiger partial charge in [0.2, 0.25) is 23.5 Å². The van der Waals surface area contributed by atoms with Crippen LogP contribution in [0.15, 0.2) is 0 Å². The molecule has 1 saturated carbocycles. The number of ketones is 1. The minimum absolute atomic E-state index is 0.00350. The summed E-state index contributed by atoms with van der Waals surface area (Å²) in [5.74, 6) is -2.98. The van der Waals surface area contributed by atoms with Crippen LogP contribution in [-0.2, 0) is 24.0 Å². The first kappa shape index (κ1) is 30.0. The van der Waals surface area contributed by atoms with E-state index in [1.165, 1.54) is 9.80 Å². The van der Waals surface area contributed by atoms with E-state index in [-0.39, 0.29) is 24.3 Å². The lowest BCUT2D eigenvalue weighted by atomic mass is 9.80. The van der Waals surface area contributed by atoms with Crippen molar-refractivity contribution in [1.29, 1.82) is 0 Å². The van der Waals surface area contributed by atoms with Crippen molar-refractivity contribution in [1.82, 2.24) is 25.8 Å². The molecule has 208 valence electrons. The highest BCUT2D eigenvalue weighted by molar-refractivity contribution is 6.37. The normalized spacial score (nSPS) is 21.3. The molecule has 1 saturated heterocycles. The van der Waals surface area contributed by atoms with E-state index < -0.39 is 53.1 Å². The molecule has 1 aliphatic carbocycles. The van der Waals surface area contributed by atoms with Crippen LogP contribution in [-0.4, -0.2) is 90.6 Å². The van der Waals surface area contributed by atoms with E-state index in [0.717, 1.165) is 19.3 Å². The number of nitrogens with one attached hydrogen (secondary N) is 3. The Bertz CT molecular complexity index is 910. The molecule has 5 N–H and O–H groups in total. The molecule has 12 heteroatoms. The Hall–Kier alpha value is -3.18. The fourth-order valence-electron chi connectivity index (χ4n) is 4.58. The predicted octanol–water partition coefficient (Wildman–Crippen LogP) is -0.245. The molecule has 0 aromatic heterocycles. The van der Waals surface area contributed by atoms with Gasteiger partial charge in [0.1, 0.15) is 12.1 Å². The number of carbonyl (C=O) groups excluding carboxylic acids is 6. The number of primary amides is 1. The number of rotatable bonds is 10. The number of nitrogens with zero attached hydrogens (tertiary/aromatic N) is 2. The highest BCUT2D eigenvalue weighted by Crippen LogP contribution is 2.31. The summed E-state index contributed by atoms with van der Waals surface area (Å²) in [6.45, 7) is 7.34. The fourth-order valence-corrected chi connectivity index (χ4v) is 4.58. The Morgan fingerprint density at radius 3 is 2.16 bits per heavy atom. The van der Waals surface area contributed by atoms with Gasteiger partial charge < -0.3 is 31.5 Å². The van der Waals surface area contributed by atoms with E-state index in [0.29, 0.717) is 19.4 Å². The summed E-state index contributed by atoms with van der Waals surface area (Å²) in [5.41, 5.74) is 4.51. The summed E-state index contributed by atoms with van der Waals surface area (Å²) in [4.78, 5) is 78.1. The van der Waals surface area contributed by atoms with Crippen molar-refractivity contribution in [2.24, 2.45) is 23.0 Å².